The number of carbonyl (C=O) groups is 1. The lowest BCUT2D eigenvalue weighted by atomic mass is 10.2. The summed E-state index contributed by atoms with van der Waals surface area (Å²) in [5.74, 6) is 0.0776. The highest BCUT2D eigenvalue weighted by Crippen LogP contribution is 2.21. The third-order valence-corrected chi connectivity index (χ3v) is 2.28. The first kappa shape index (κ1) is 11.9. The molecular weight excluding hydrogens is 232 g/mol. The first-order chi connectivity index (χ1) is 8.72. The van der Waals surface area contributed by atoms with Gasteiger partial charge in [-0.25, -0.2) is 9.78 Å². The molecule has 1 aromatic carbocycles. The van der Waals surface area contributed by atoms with Gasteiger partial charge in [-0.05, 0) is 19.1 Å². The van der Waals surface area contributed by atoms with Gasteiger partial charge in [0.25, 0.3) is 0 Å². The highest BCUT2D eigenvalue weighted by Gasteiger charge is 2.19. The van der Waals surface area contributed by atoms with E-state index in [1.54, 1.807) is 13.0 Å². The van der Waals surface area contributed by atoms with Crippen molar-refractivity contribution in [2.75, 3.05) is 6.61 Å². The van der Waals surface area contributed by atoms with Crippen molar-refractivity contribution in [1.29, 1.82) is 5.26 Å². The number of aromatic nitrogens is 1. The van der Waals surface area contributed by atoms with E-state index in [4.69, 9.17) is 9.68 Å². The Hall–Kier alpha value is -2.61. The number of hydrogen-bond donors (Lipinski definition) is 0. The van der Waals surface area contributed by atoms with E-state index in [1.807, 2.05) is 30.3 Å². The van der Waals surface area contributed by atoms with Crippen LogP contribution in [-0.4, -0.2) is 17.6 Å². The maximum absolute atomic E-state index is 11.6. The number of aryl methyl sites for hydroxylation is 1. The van der Waals surface area contributed by atoms with Crippen molar-refractivity contribution < 1.29 is 13.9 Å². The predicted molar refractivity (Wildman–Crippen MR) is 62.6 cm³/mol. The molecule has 2 rings (SSSR count). The van der Waals surface area contributed by atoms with Crippen LogP contribution in [0.15, 0.2) is 34.7 Å². The fraction of sp³-hybridized carbons (Fsp3) is 0.154. The smallest absolute Gasteiger partial charge is 0.361 e. The largest absolute Gasteiger partial charge is 0.445 e. The number of benzene rings is 1. The highest BCUT2D eigenvalue weighted by molar-refractivity contribution is 5.89. The Kier molecular flexibility index (Phi) is 3.39. The van der Waals surface area contributed by atoms with E-state index in [2.05, 4.69) is 9.72 Å². The number of esters is 1. The number of carbonyl (C=O) groups excluding carboxylic acids is 1. The fourth-order valence-electron chi connectivity index (χ4n) is 1.46. The Morgan fingerprint density at radius 1 is 1.44 bits per heavy atom. The molecule has 0 aliphatic heterocycles. The van der Waals surface area contributed by atoms with E-state index in [9.17, 15) is 4.79 Å². The molecule has 0 fully saturated rings. The standard InChI is InChI=1S/C13H10N2O3/c1-9-11(13(16)17-8-7-14)15-12(18-9)10-5-3-2-4-6-10/h2-6H,8H2,1H3. The zero-order valence-electron chi connectivity index (χ0n) is 9.71. The Morgan fingerprint density at radius 2 is 2.17 bits per heavy atom. The van der Waals surface area contributed by atoms with Crippen LogP contribution in [0.5, 0.6) is 0 Å². The van der Waals surface area contributed by atoms with Crippen molar-refractivity contribution in [2.45, 2.75) is 6.92 Å². The summed E-state index contributed by atoms with van der Waals surface area (Å²) in [6.45, 7) is 1.33. The quantitative estimate of drug-likeness (QED) is 0.772. The zero-order chi connectivity index (χ0) is 13.0. The van der Waals surface area contributed by atoms with Gasteiger partial charge in [0.05, 0.1) is 0 Å². The molecule has 0 saturated heterocycles. The van der Waals surface area contributed by atoms with Crippen LogP contribution in [0, 0.1) is 18.3 Å². The highest BCUT2D eigenvalue weighted by atomic mass is 16.5. The molecule has 90 valence electrons. The van der Waals surface area contributed by atoms with E-state index < -0.39 is 5.97 Å². The van der Waals surface area contributed by atoms with Crippen molar-refractivity contribution in [3.05, 3.63) is 41.8 Å². The molecule has 0 aliphatic carbocycles. The van der Waals surface area contributed by atoms with E-state index >= 15 is 0 Å². The molecule has 1 heterocycles. The van der Waals surface area contributed by atoms with Gasteiger partial charge in [0, 0.05) is 5.56 Å². The summed E-state index contributed by atoms with van der Waals surface area (Å²) in [5.41, 5.74) is 0.879. The summed E-state index contributed by atoms with van der Waals surface area (Å²) < 4.78 is 10.1. The maximum Gasteiger partial charge on any atom is 0.361 e. The molecule has 0 bridgehead atoms. The minimum atomic E-state index is -0.653. The minimum absolute atomic E-state index is 0.101. The normalized spacial score (nSPS) is 9.78. The van der Waals surface area contributed by atoms with Crippen LogP contribution in [0.25, 0.3) is 11.5 Å². The lowest BCUT2D eigenvalue weighted by molar-refractivity contribution is 0.0547. The summed E-state index contributed by atoms with van der Waals surface area (Å²) in [6.07, 6.45) is 0. The van der Waals surface area contributed by atoms with Gasteiger partial charge in [-0.1, -0.05) is 18.2 Å². The van der Waals surface area contributed by atoms with Gasteiger partial charge in [-0.2, -0.15) is 5.26 Å². The van der Waals surface area contributed by atoms with Crippen LogP contribution >= 0.6 is 0 Å². The molecule has 0 unspecified atom stereocenters. The molecule has 2 aromatic rings. The van der Waals surface area contributed by atoms with Crippen molar-refractivity contribution in [3.8, 4) is 17.5 Å². The number of hydrogen-bond acceptors (Lipinski definition) is 5. The topological polar surface area (TPSA) is 76.1 Å². The molecule has 0 N–H and O–H groups in total. The molecular formula is C13H10N2O3. The average molecular weight is 242 g/mol. The second-order valence-corrected chi connectivity index (χ2v) is 3.52. The summed E-state index contributed by atoms with van der Waals surface area (Å²) in [6, 6.07) is 11.0. The van der Waals surface area contributed by atoms with Crippen LogP contribution in [0.1, 0.15) is 16.2 Å². The lowest BCUT2D eigenvalue weighted by Gasteiger charge is -1.95. The fourth-order valence-corrected chi connectivity index (χ4v) is 1.46. The number of oxazole rings is 1. The van der Waals surface area contributed by atoms with Crippen molar-refractivity contribution in [2.24, 2.45) is 0 Å². The number of nitrogens with zero attached hydrogens (tertiary/aromatic N) is 2. The summed E-state index contributed by atoms with van der Waals surface area (Å²) >= 11 is 0. The van der Waals surface area contributed by atoms with E-state index in [1.165, 1.54) is 0 Å². The molecule has 0 atom stereocenters. The van der Waals surface area contributed by atoms with Gasteiger partial charge in [0.2, 0.25) is 5.89 Å². The molecule has 0 amide bonds. The van der Waals surface area contributed by atoms with Crippen molar-refractivity contribution in [3.63, 3.8) is 0 Å². The van der Waals surface area contributed by atoms with Gasteiger partial charge < -0.3 is 9.15 Å². The number of ether oxygens (including phenoxy) is 1. The molecule has 1 aromatic heterocycles. The monoisotopic (exact) mass is 242 g/mol. The molecule has 0 saturated carbocycles. The molecule has 0 spiro atoms. The van der Waals surface area contributed by atoms with E-state index in [-0.39, 0.29) is 12.3 Å². The first-order valence-corrected chi connectivity index (χ1v) is 5.29. The van der Waals surface area contributed by atoms with E-state index in [0.29, 0.717) is 11.7 Å². The van der Waals surface area contributed by atoms with Crippen molar-refractivity contribution >= 4 is 5.97 Å². The Balaban J connectivity index is 2.28. The first-order valence-electron chi connectivity index (χ1n) is 5.29. The third-order valence-electron chi connectivity index (χ3n) is 2.28. The van der Waals surface area contributed by atoms with Crippen LogP contribution < -0.4 is 0 Å². The lowest BCUT2D eigenvalue weighted by Crippen LogP contribution is -2.07. The van der Waals surface area contributed by atoms with Crippen LogP contribution in [0.2, 0.25) is 0 Å². The Bertz CT molecular complexity index is 596. The molecule has 0 radical (unpaired) electrons. The summed E-state index contributed by atoms with van der Waals surface area (Å²) in [5, 5.41) is 8.34. The molecule has 0 aliphatic rings. The van der Waals surface area contributed by atoms with Gasteiger partial charge >= 0.3 is 5.97 Å². The van der Waals surface area contributed by atoms with Gasteiger partial charge in [0.1, 0.15) is 11.8 Å². The van der Waals surface area contributed by atoms with Gasteiger partial charge in [-0.15, -0.1) is 0 Å². The van der Waals surface area contributed by atoms with Crippen molar-refractivity contribution in [1.82, 2.24) is 4.98 Å². The second-order valence-electron chi connectivity index (χ2n) is 3.52. The van der Waals surface area contributed by atoms with Gasteiger partial charge in [0.15, 0.2) is 12.3 Å². The van der Waals surface area contributed by atoms with Crippen LogP contribution in [0.3, 0.4) is 0 Å². The molecule has 5 heteroatoms. The molecule has 5 nitrogen and oxygen atoms in total. The van der Waals surface area contributed by atoms with Gasteiger partial charge in [-0.3, -0.25) is 0 Å². The summed E-state index contributed by atoms with van der Waals surface area (Å²) in [7, 11) is 0. The SMILES string of the molecule is Cc1oc(-c2ccccc2)nc1C(=O)OCC#N. The maximum atomic E-state index is 11.6. The zero-order valence-corrected chi connectivity index (χ0v) is 9.71. The summed E-state index contributed by atoms with van der Waals surface area (Å²) in [4.78, 5) is 15.7. The van der Waals surface area contributed by atoms with Crippen LogP contribution in [-0.2, 0) is 4.74 Å². The third kappa shape index (κ3) is 2.38. The second kappa shape index (κ2) is 5.15. The van der Waals surface area contributed by atoms with E-state index in [0.717, 1.165) is 5.56 Å². The number of rotatable bonds is 3. The number of nitriles is 1. The average Bonchev–Trinajstić information content (AvgIpc) is 2.79. The van der Waals surface area contributed by atoms with Crippen LogP contribution in [0.4, 0.5) is 0 Å². The molecule has 18 heavy (non-hydrogen) atoms. The predicted octanol–water partition coefficient (Wildman–Crippen LogP) is 2.33. The Morgan fingerprint density at radius 3 is 2.83 bits per heavy atom. The minimum Gasteiger partial charge on any atom is -0.445 e. The Labute approximate surface area is 104 Å².